The predicted octanol–water partition coefficient (Wildman–Crippen LogP) is 4.16. The van der Waals surface area contributed by atoms with Gasteiger partial charge in [-0.25, -0.2) is 9.67 Å². The average Bonchev–Trinajstić information content (AvgIpc) is 3.55. The first-order chi connectivity index (χ1) is 15.4. The average molecular weight is 452 g/mol. The lowest BCUT2D eigenvalue weighted by Gasteiger charge is -2.19. The Bertz CT molecular complexity index is 1140. The summed E-state index contributed by atoms with van der Waals surface area (Å²) < 4.78 is 1.71. The number of benzene rings is 2. The van der Waals surface area contributed by atoms with Crippen LogP contribution in [0.5, 0.6) is 0 Å². The van der Waals surface area contributed by atoms with Crippen molar-refractivity contribution in [1.82, 2.24) is 24.6 Å². The Morgan fingerprint density at radius 3 is 2.34 bits per heavy atom. The van der Waals surface area contributed by atoms with Crippen molar-refractivity contribution in [1.29, 1.82) is 0 Å². The monoisotopic (exact) mass is 451 g/mol. The Labute approximate surface area is 192 Å². The van der Waals surface area contributed by atoms with Gasteiger partial charge < -0.3 is 9.80 Å². The molecular weight excluding hydrogens is 426 g/mol. The van der Waals surface area contributed by atoms with Gasteiger partial charge in [0, 0.05) is 38.7 Å². The molecule has 0 radical (unpaired) electrons. The summed E-state index contributed by atoms with van der Waals surface area (Å²) >= 11 is 6.39. The van der Waals surface area contributed by atoms with Crippen LogP contribution >= 0.6 is 11.6 Å². The minimum Gasteiger partial charge on any atom is -0.345 e. The van der Waals surface area contributed by atoms with Gasteiger partial charge in [0.05, 0.1) is 10.7 Å². The third-order valence-corrected chi connectivity index (χ3v) is 5.82. The molecule has 0 atom stereocenters. The molecule has 7 nitrogen and oxygen atoms in total. The highest BCUT2D eigenvalue weighted by molar-refractivity contribution is 6.32. The molecule has 0 saturated heterocycles. The molecule has 0 N–H and O–H groups in total. The standard InChI is InChI=1S/C24H26ClN5O2/c1-4-29(15-16-9-11-18(12-10-16)23(31)28(2)3)24(32)21-26-22(17-13-14-17)30(27-21)20-8-6-5-7-19(20)25/h5-12,17H,4,13-15H2,1-3H3. The number of rotatable bonds is 7. The van der Waals surface area contributed by atoms with Gasteiger partial charge >= 0.3 is 0 Å². The van der Waals surface area contributed by atoms with E-state index in [0.29, 0.717) is 29.6 Å². The number of carbonyl (C=O) groups is 2. The van der Waals surface area contributed by atoms with E-state index in [1.54, 1.807) is 41.9 Å². The summed E-state index contributed by atoms with van der Waals surface area (Å²) in [6, 6.07) is 14.8. The number of carbonyl (C=O) groups excluding carboxylic acids is 2. The van der Waals surface area contributed by atoms with E-state index in [2.05, 4.69) is 10.1 Å². The minimum atomic E-state index is -0.228. The fourth-order valence-electron chi connectivity index (χ4n) is 3.52. The molecule has 4 rings (SSSR count). The first-order valence-corrected chi connectivity index (χ1v) is 11.1. The van der Waals surface area contributed by atoms with Gasteiger partial charge in [-0.3, -0.25) is 9.59 Å². The van der Waals surface area contributed by atoms with Gasteiger partial charge in [0.2, 0.25) is 5.82 Å². The van der Waals surface area contributed by atoms with Crippen molar-refractivity contribution in [3.05, 3.63) is 76.3 Å². The van der Waals surface area contributed by atoms with Crippen molar-refractivity contribution < 1.29 is 9.59 Å². The van der Waals surface area contributed by atoms with Crippen LogP contribution in [0, 0.1) is 0 Å². The second-order valence-electron chi connectivity index (χ2n) is 8.15. The van der Waals surface area contributed by atoms with E-state index in [0.717, 1.165) is 29.9 Å². The van der Waals surface area contributed by atoms with E-state index in [4.69, 9.17) is 11.6 Å². The lowest BCUT2D eigenvalue weighted by Crippen LogP contribution is -2.31. The summed E-state index contributed by atoms with van der Waals surface area (Å²) in [5.41, 5.74) is 2.28. The van der Waals surface area contributed by atoms with E-state index in [9.17, 15) is 9.59 Å². The zero-order chi connectivity index (χ0) is 22.8. The van der Waals surface area contributed by atoms with Gasteiger partial charge in [0.25, 0.3) is 11.8 Å². The molecule has 0 spiro atoms. The Morgan fingerprint density at radius 2 is 1.75 bits per heavy atom. The molecule has 1 aromatic heterocycles. The van der Waals surface area contributed by atoms with Crippen LogP contribution in [0.4, 0.5) is 0 Å². The van der Waals surface area contributed by atoms with E-state index in [-0.39, 0.29) is 17.6 Å². The quantitative estimate of drug-likeness (QED) is 0.540. The number of hydrogen-bond acceptors (Lipinski definition) is 4. The van der Waals surface area contributed by atoms with Gasteiger partial charge in [0.15, 0.2) is 0 Å². The number of amides is 2. The van der Waals surface area contributed by atoms with E-state index in [1.807, 2.05) is 37.3 Å². The van der Waals surface area contributed by atoms with Crippen molar-refractivity contribution in [2.45, 2.75) is 32.2 Å². The fourth-order valence-corrected chi connectivity index (χ4v) is 3.74. The Hall–Kier alpha value is -3.19. The maximum absolute atomic E-state index is 13.3. The summed E-state index contributed by atoms with van der Waals surface area (Å²) in [5.74, 6) is 0.977. The first-order valence-electron chi connectivity index (χ1n) is 10.7. The summed E-state index contributed by atoms with van der Waals surface area (Å²) in [4.78, 5) is 33.2. The first kappa shape index (κ1) is 22.0. The lowest BCUT2D eigenvalue weighted by molar-refractivity contribution is 0.0739. The Kier molecular flexibility index (Phi) is 6.28. The molecule has 1 saturated carbocycles. The summed E-state index contributed by atoms with van der Waals surface area (Å²) in [6.07, 6.45) is 2.07. The number of hydrogen-bond donors (Lipinski definition) is 0. The topological polar surface area (TPSA) is 71.3 Å². The zero-order valence-electron chi connectivity index (χ0n) is 18.5. The highest BCUT2D eigenvalue weighted by Crippen LogP contribution is 2.40. The van der Waals surface area contributed by atoms with Crippen molar-refractivity contribution in [3.8, 4) is 5.69 Å². The SMILES string of the molecule is CCN(Cc1ccc(C(=O)N(C)C)cc1)C(=O)c1nc(C2CC2)n(-c2ccccc2Cl)n1. The third kappa shape index (κ3) is 4.53. The van der Waals surface area contributed by atoms with Gasteiger partial charge in [-0.15, -0.1) is 5.10 Å². The van der Waals surface area contributed by atoms with Crippen LogP contribution in [0.1, 0.15) is 58.0 Å². The fraction of sp³-hybridized carbons (Fsp3) is 0.333. The highest BCUT2D eigenvalue weighted by atomic mass is 35.5. The van der Waals surface area contributed by atoms with Crippen molar-refractivity contribution in [2.24, 2.45) is 0 Å². The Morgan fingerprint density at radius 1 is 1.06 bits per heavy atom. The molecule has 0 aliphatic heterocycles. The van der Waals surface area contributed by atoms with E-state index < -0.39 is 0 Å². The predicted molar refractivity (Wildman–Crippen MR) is 123 cm³/mol. The Balaban J connectivity index is 1.57. The molecule has 1 aliphatic rings. The van der Waals surface area contributed by atoms with Gasteiger partial charge in [0.1, 0.15) is 5.82 Å². The third-order valence-electron chi connectivity index (χ3n) is 5.50. The van der Waals surface area contributed by atoms with Crippen LogP contribution < -0.4 is 0 Å². The van der Waals surface area contributed by atoms with Crippen LogP contribution in [0.25, 0.3) is 5.69 Å². The molecule has 0 unspecified atom stereocenters. The number of nitrogens with zero attached hydrogens (tertiary/aromatic N) is 5. The van der Waals surface area contributed by atoms with Crippen molar-refractivity contribution in [3.63, 3.8) is 0 Å². The largest absolute Gasteiger partial charge is 0.345 e. The van der Waals surface area contributed by atoms with Gasteiger partial charge in [-0.1, -0.05) is 35.9 Å². The summed E-state index contributed by atoms with van der Waals surface area (Å²) in [7, 11) is 3.44. The number of halogens is 1. The highest BCUT2D eigenvalue weighted by Gasteiger charge is 2.32. The zero-order valence-corrected chi connectivity index (χ0v) is 19.2. The second-order valence-corrected chi connectivity index (χ2v) is 8.55. The van der Waals surface area contributed by atoms with Gasteiger partial charge in [-0.2, -0.15) is 0 Å². The molecule has 8 heteroatoms. The molecule has 32 heavy (non-hydrogen) atoms. The number of aromatic nitrogens is 3. The maximum Gasteiger partial charge on any atom is 0.293 e. The molecule has 1 aliphatic carbocycles. The van der Waals surface area contributed by atoms with Crippen LogP contribution in [-0.4, -0.2) is 57.0 Å². The maximum atomic E-state index is 13.3. The molecule has 166 valence electrons. The molecular formula is C24H26ClN5O2. The summed E-state index contributed by atoms with van der Waals surface area (Å²) in [6.45, 7) is 2.84. The molecule has 2 aromatic carbocycles. The molecule has 1 heterocycles. The number of para-hydroxylation sites is 1. The van der Waals surface area contributed by atoms with Crippen LogP contribution in [0.2, 0.25) is 5.02 Å². The van der Waals surface area contributed by atoms with Gasteiger partial charge in [-0.05, 0) is 49.6 Å². The van der Waals surface area contributed by atoms with Crippen molar-refractivity contribution in [2.75, 3.05) is 20.6 Å². The van der Waals surface area contributed by atoms with Crippen LogP contribution in [-0.2, 0) is 6.54 Å². The van der Waals surface area contributed by atoms with Crippen molar-refractivity contribution >= 4 is 23.4 Å². The van der Waals surface area contributed by atoms with Crippen LogP contribution in [0.3, 0.4) is 0 Å². The van der Waals surface area contributed by atoms with E-state index >= 15 is 0 Å². The second kappa shape index (κ2) is 9.12. The smallest absolute Gasteiger partial charge is 0.293 e. The molecule has 2 amide bonds. The minimum absolute atomic E-state index is 0.0538. The normalized spacial score (nSPS) is 13.1. The van der Waals surface area contributed by atoms with Crippen LogP contribution in [0.15, 0.2) is 48.5 Å². The molecule has 1 fully saturated rings. The van der Waals surface area contributed by atoms with E-state index in [1.165, 1.54) is 4.90 Å². The lowest BCUT2D eigenvalue weighted by atomic mass is 10.1. The summed E-state index contributed by atoms with van der Waals surface area (Å²) in [5, 5.41) is 5.12. The molecule has 0 bridgehead atoms. The molecule has 3 aromatic rings.